The van der Waals surface area contributed by atoms with Gasteiger partial charge in [-0.15, -0.1) is 0 Å². The molecule has 1 aliphatic heterocycles. The molecule has 31 heavy (non-hydrogen) atoms. The molecular weight excluding hydrogens is 414 g/mol. The van der Waals surface area contributed by atoms with E-state index in [4.69, 9.17) is 26.3 Å². The van der Waals surface area contributed by atoms with Gasteiger partial charge < -0.3 is 15.0 Å². The van der Waals surface area contributed by atoms with Crippen LogP contribution in [-0.2, 0) is 4.79 Å². The number of piperidine rings is 1. The van der Waals surface area contributed by atoms with Crippen molar-refractivity contribution in [1.29, 1.82) is 0 Å². The summed E-state index contributed by atoms with van der Waals surface area (Å²) in [6.07, 6.45) is 5.26. The molecule has 1 atom stereocenters. The van der Waals surface area contributed by atoms with E-state index in [0.29, 0.717) is 29.0 Å². The number of hydrogen-bond donors (Lipinski definition) is 1. The lowest BCUT2D eigenvalue weighted by Gasteiger charge is -2.31. The number of anilines is 2. The first-order valence-electron chi connectivity index (χ1n) is 10.2. The smallest absolute Gasteiger partial charge is 0.219 e. The molecule has 1 saturated heterocycles. The lowest BCUT2D eigenvalue weighted by atomic mass is 9.97. The molecule has 3 heterocycles. The summed E-state index contributed by atoms with van der Waals surface area (Å²) in [6, 6.07) is 11.2. The number of carbonyl (C=O) groups excluding carboxylic acids is 1. The minimum atomic E-state index is 0.0658. The summed E-state index contributed by atoms with van der Waals surface area (Å²) >= 11 is 6.14. The monoisotopic (exact) mass is 437 g/mol. The zero-order valence-electron chi connectivity index (χ0n) is 17.5. The number of carbonyl (C=O) groups is 1. The fourth-order valence-corrected chi connectivity index (χ4v) is 3.91. The molecule has 160 valence electrons. The van der Waals surface area contributed by atoms with Gasteiger partial charge in [-0.2, -0.15) is 0 Å². The summed E-state index contributed by atoms with van der Waals surface area (Å²) in [5, 5.41) is 3.97. The number of likely N-dealkylation sites (tertiary alicyclic amines) is 1. The van der Waals surface area contributed by atoms with Crippen molar-refractivity contribution in [1.82, 2.24) is 19.9 Å². The number of nitrogens with one attached hydrogen (secondary N) is 1. The van der Waals surface area contributed by atoms with Crippen LogP contribution in [0, 0.1) is 0 Å². The van der Waals surface area contributed by atoms with Gasteiger partial charge in [0.15, 0.2) is 0 Å². The molecule has 0 aliphatic carbocycles. The molecule has 1 amide bonds. The van der Waals surface area contributed by atoms with Gasteiger partial charge in [0.2, 0.25) is 5.91 Å². The molecule has 4 rings (SSSR count). The second kappa shape index (κ2) is 9.31. The quantitative estimate of drug-likeness (QED) is 0.624. The van der Waals surface area contributed by atoms with Gasteiger partial charge >= 0.3 is 0 Å². The number of ether oxygens (including phenoxy) is 1. The van der Waals surface area contributed by atoms with Crippen molar-refractivity contribution in [3.8, 4) is 17.0 Å². The van der Waals surface area contributed by atoms with Crippen molar-refractivity contribution in [3.05, 3.63) is 59.6 Å². The third-order valence-corrected chi connectivity index (χ3v) is 5.55. The molecule has 0 spiro atoms. The number of halogens is 1. The molecule has 1 aromatic carbocycles. The number of nitrogens with zero attached hydrogens (tertiary/aromatic N) is 4. The summed E-state index contributed by atoms with van der Waals surface area (Å²) in [5.41, 5.74) is 2.40. The van der Waals surface area contributed by atoms with Crippen molar-refractivity contribution < 1.29 is 9.53 Å². The number of rotatable bonds is 5. The van der Waals surface area contributed by atoms with Crippen LogP contribution < -0.4 is 10.1 Å². The van der Waals surface area contributed by atoms with Gasteiger partial charge in [-0.1, -0.05) is 17.7 Å². The Hall–Kier alpha value is -3.19. The SMILES string of the molecule is COc1cncc(-c2cc(Nc3cccc(Cl)c3)nc([C@H]3CCCN(C(C)=O)C3)n2)c1. The second-order valence-electron chi connectivity index (χ2n) is 7.55. The van der Waals surface area contributed by atoms with Gasteiger partial charge in [-0.25, -0.2) is 9.97 Å². The van der Waals surface area contributed by atoms with Crippen molar-refractivity contribution in [3.63, 3.8) is 0 Å². The molecule has 8 heteroatoms. The highest BCUT2D eigenvalue weighted by Crippen LogP contribution is 2.30. The predicted molar refractivity (Wildman–Crippen MR) is 121 cm³/mol. The summed E-state index contributed by atoms with van der Waals surface area (Å²) in [6.45, 7) is 3.00. The van der Waals surface area contributed by atoms with Gasteiger partial charge in [0.1, 0.15) is 17.4 Å². The lowest BCUT2D eigenvalue weighted by molar-refractivity contribution is -0.130. The highest BCUT2D eigenvalue weighted by atomic mass is 35.5. The number of aromatic nitrogens is 3. The molecule has 3 aromatic rings. The van der Waals surface area contributed by atoms with E-state index in [-0.39, 0.29) is 11.8 Å². The first-order chi connectivity index (χ1) is 15.0. The topological polar surface area (TPSA) is 80.2 Å². The Bertz CT molecular complexity index is 1090. The Balaban J connectivity index is 1.73. The van der Waals surface area contributed by atoms with Crippen molar-refractivity contribution >= 4 is 29.0 Å². The maximum absolute atomic E-state index is 11.9. The van der Waals surface area contributed by atoms with Crippen LogP contribution in [0.1, 0.15) is 31.5 Å². The van der Waals surface area contributed by atoms with Crippen LogP contribution >= 0.6 is 11.6 Å². The molecule has 2 aromatic heterocycles. The van der Waals surface area contributed by atoms with Crippen molar-refractivity contribution in [2.24, 2.45) is 0 Å². The maximum Gasteiger partial charge on any atom is 0.219 e. The van der Waals surface area contributed by atoms with E-state index in [1.807, 2.05) is 41.3 Å². The summed E-state index contributed by atoms with van der Waals surface area (Å²) in [7, 11) is 1.61. The van der Waals surface area contributed by atoms with E-state index >= 15 is 0 Å². The van der Waals surface area contributed by atoms with E-state index in [0.717, 1.165) is 36.3 Å². The second-order valence-corrected chi connectivity index (χ2v) is 7.99. The summed E-state index contributed by atoms with van der Waals surface area (Å²) in [4.78, 5) is 27.7. The number of methoxy groups -OCH3 is 1. The number of amides is 1. The van der Waals surface area contributed by atoms with Crippen LogP contribution in [0.2, 0.25) is 5.02 Å². The third-order valence-electron chi connectivity index (χ3n) is 5.32. The maximum atomic E-state index is 11.9. The predicted octanol–water partition coefficient (Wildman–Crippen LogP) is 4.67. The Kier molecular flexibility index (Phi) is 6.32. The van der Waals surface area contributed by atoms with Gasteiger partial charge in [0, 0.05) is 54.5 Å². The van der Waals surface area contributed by atoms with Crippen molar-refractivity contribution in [2.75, 3.05) is 25.5 Å². The standard InChI is InChI=1S/C23H24ClN5O2/c1-15(30)29-8-4-5-16(14-29)23-27-21(17-9-20(31-2)13-25-12-17)11-22(28-23)26-19-7-3-6-18(24)10-19/h3,6-7,9-13,16H,4-5,8,14H2,1-2H3,(H,26,27,28)/t16-/m0/s1. The number of benzene rings is 1. The van der Waals surface area contributed by atoms with Crippen LogP contribution in [-0.4, -0.2) is 46.0 Å². The molecule has 0 bridgehead atoms. The molecule has 1 fully saturated rings. The number of pyridine rings is 1. The summed E-state index contributed by atoms with van der Waals surface area (Å²) in [5.74, 6) is 2.16. The lowest BCUT2D eigenvalue weighted by Crippen LogP contribution is -2.38. The molecular formula is C23H24ClN5O2. The third kappa shape index (κ3) is 5.11. The van der Waals surface area contributed by atoms with E-state index in [2.05, 4.69) is 10.3 Å². The molecule has 1 N–H and O–H groups in total. The van der Waals surface area contributed by atoms with E-state index in [1.165, 1.54) is 0 Å². The minimum Gasteiger partial charge on any atom is -0.495 e. The summed E-state index contributed by atoms with van der Waals surface area (Å²) < 4.78 is 5.32. The highest BCUT2D eigenvalue weighted by Gasteiger charge is 2.26. The van der Waals surface area contributed by atoms with Gasteiger partial charge in [-0.05, 0) is 37.1 Å². The van der Waals surface area contributed by atoms with Crippen molar-refractivity contribution in [2.45, 2.75) is 25.7 Å². The first-order valence-corrected chi connectivity index (χ1v) is 10.6. The van der Waals surface area contributed by atoms with Gasteiger partial charge in [-0.3, -0.25) is 9.78 Å². The Morgan fingerprint density at radius 1 is 1.23 bits per heavy atom. The Morgan fingerprint density at radius 2 is 2.10 bits per heavy atom. The minimum absolute atomic E-state index is 0.0658. The fraction of sp³-hybridized carbons (Fsp3) is 0.304. The van der Waals surface area contributed by atoms with Crippen LogP contribution in [0.15, 0.2) is 48.8 Å². The largest absolute Gasteiger partial charge is 0.495 e. The van der Waals surface area contributed by atoms with E-state index in [9.17, 15) is 4.79 Å². The molecule has 1 aliphatic rings. The Labute approximate surface area is 186 Å². The molecule has 0 unspecified atom stereocenters. The van der Waals surface area contributed by atoms with Crippen LogP contribution in [0.3, 0.4) is 0 Å². The fourth-order valence-electron chi connectivity index (χ4n) is 3.72. The molecule has 7 nitrogen and oxygen atoms in total. The van der Waals surface area contributed by atoms with E-state index in [1.54, 1.807) is 26.4 Å². The molecule has 0 saturated carbocycles. The highest BCUT2D eigenvalue weighted by molar-refractivity contribution is 6.30. The van der Waals surface area contributed by atoms with Gasteiger partial charge in [0.05, 0.1) is 19.0 Å². The molecule has 0 radical (unpaired) electrons. The Morgan fingerprint density at radius 3 is 2.87 bits per heavy atom. The average Bonchev–Trinajstić information content (AvgIpc) is 2.79. The number of hydrogen-bond acceptors (Lipinski definition) is 6. The zero-order valence-corrected chi connectivity index (χ0v) is 18.3. The first kappa shape index (κ1) is 21.1. The van der Waals surface area contributed by atoms with Crippen LogP contribution in [0.25, 0.3) is 11.3 Å². The van der Waals surface area contributed by atoms with Gasteiger partial charge in [0.25, 0.3) is 0 Å². The normalized spacial score (nSPS) is 16.1. The average molecular weight is 438 g/mol. The van der Waals surface area contributed by atoms with E-state index < -0.39 is 0 Å². The van der Waals surface area contributed by atoms with Crippen LogP contribution in [0.5, 0.6) is 5.75 Å². The van der Waals surface area contributed by atoms with Crippen LogP contribution in [0.4, 0.5) is 11.5 Å². The zero-order chi connectivity index (χ0) is 21.8.